The molecule has 36 heavy (non-hydrogen) atoms. The number of furan rings is 2. The molecular weight excluding hydrogens is 456 g/mol. The quantitative estimate of drug-likeness (QED) is 0.373. The molecule has 0 bridgehead atoms. The standard InChI is InChI=1S/C28H28N4O4/c1-15-10-11-20-19(14-35-25(20)17(15)3)13-23(33)32-31-21-8-5-9-22-24(21)18(4)26(36-22)28(34)30-27-16(2)7-6-12-29-27/h6-7,10-12,14H,5,8-9,13H2,1-4H3,(H,32,33)(H,29,30,34)/b31-21+. The highest BCUT2D eigenvalue weighted by atomic mass is 16.4. The van der Waals surface area contributed by atoms with Gasteiger partial charge in [0.1, 0.15) is 17.2 Å². The van der Waals surface area contributed by atoms with Crippen molar-refractivity contribution in [3.63, 3.8) is 0 Å². The van der Waals surface area contributed by atoms with E-state index in [-0.39, 0.29) is 24.0 Å². The van der Waals surface area contributed by atoms with Gasteiger partial charge in [-0.25, -0.2) is 10.4 Å². The van der Waals surface area contributed by atoms with Gasteiger partial charge < -0.3 is 14.2 Å². The van der Waals surface area contributed by atoms with Gasteiger partial charge in [0.2, 0.25) is 5.91 Å². The summed E-state index contributed by atoms with van der Waals surface area (Å²) in [5, 5.41) is 8.19. The maximum absolute atomic E-state index is 12.9. The van der Waals surface area contributed by atoms with Crippen molar-refractivity contribution in [1.29, 1.82) is 0 Å². The van der Waals surface area contributed by atoms with Gasteiger partial charge >= 0.3 is 0 Å². The maximum atomic E-state index is 12.9. The summed E-state index contributed by atoms with van der Waals surface area (Å²) in [5.74, 6) is 0.849. The fourth-order valence-electron chi connectivity index (χ4n) is 4.65. The van der Waals surface area contributed by atoms with Gasteiger partial charge in [0.25, 0.3) is 5.91 Å². The third kappa shape index (κ3) is 4.30. The number of aromatic nitrogens is 1. The molecule has 5 rings (SSSR count). The number of amides is 2. The molecule has 0 aliphatic heterocycles. The Labute approximate surface area is 208 Å². The molecule has 3 aromatic heterocycles. The van der Waals surface area contributed by atoms with Crippen molar-refractivity contribution in [3.05, 3.63) is 81.6 Å². The van der Waals surface area contributed by atoms with E-state index in [0.29, 0.717) is 35.7 Å². The average Bonchev–Trinajstić information content (AvgIpc) is 3.43. The van der Waals surface area contributed by atoms with Crippen LogP contribution in [0.4, 0.5) is 5.82 Å². The summed E-state index contributed by atoms with van der Waals surface area (Å²) in [4.78, 5) is 29.9. The highest BCUT2D eigenvalue weighted by Crippen LogP contribution is 2.31. The Bertz CT molecular complexity index is 1530. The molecule has 0 spiro atoms. The zero-order valence-corrected chi connectivity index (χ0v) is 20.8. The van der Waals surface area contributed by atoms with Crippen molar-refractivity contribution in [3.8, 4) is 0 Å². The number of fused-ring (bicyclic) bond motifs is 2. The number of rotatable bonds is 5. The summed E-state index contributed by atoms with van der Waals surface area (Å²) < 4.78 is 11.7. The summed E-state index contributed by atoms with van der Waals surface area (Å²) >= 11 is 0. The number of hydrogen-bond acceptors (Lipinski definition) is 6. The molecule has 3 heterocycles. The van der Waals surface area contributed by atoms with Crippen LogP contribution in [0.25, 0.3) is 11.0 Å². The molecule has 0 unspecified atom stereocenters. The number of carbonyl (C=O) groups excluding carboxylic acids is 2. The molecular formula is C28H28N4O4. The Morgan fingerprint density at radius 1 is 1.06 bits per heavy atom. The number of pyridine rings is 1. The summed E-state index contributed by atoms with van der Waals surface area (Å²) in [7, 11) is 0. The first-order valence-corrected chi connectivity index (χ1v) is 12.0. The van der Waals surface area contributed by atoms with Crippen LogP contribution in [0.3, 0.4) is 0 Å². The van der Waals surface area contributed by atoms with Gasteiger partial charge in [0, 0.05) is 34.7 Å². The Balaban J connectivity index is 1.34. The van der Waals surface area contributed by atoms with E-state index in [1.807, 2.05) is 52.0 Å². The molecule has 8 heteroatoms. The van der Waals surface area contributed by atoms with E-state index in [1.165, 1.54) is 0 Å². The second kappa shape index (κ2) is 9.45. The molecule has 1 aliphatic carbocycles. The zero-order chi connectivity index (χ0) is 25.4. The molecule has 184 valence electrons. The lowest BCUT2D eigenvalue weighted by molar-refractivity contribution is -0.120. The fraction of sp³-hybridized carbons (Fsp3) is 0.286. The Morgan fingerprint density at radius 3 is 2.69 bits per heavy atom. The third-order valence-electron chi connectivity index (χ3n) is 6.78. The summed E-state index contributed by atoms with van der Waals surface area (Å²) in [6, 6.07) is 7.71. The number of nitrogens with zero attached hydrogens (tertiary/aromatic N) is 2. The Morgan fingerprint density at radius 2 is 1.89 bits per heavy atom. The van der Waals surface area contributed by atoms with Gasteiger partial charge in [-0.15, -0.1) is 0 Å². The molecule has 0 atom stereocenters. The smallest absolute Gasteiger partial charge is 0.292 e. The summed E-state index contributed by atoms with van der Waals surface area (Å²) in [6.07, 6.45) is 5.63. The predicted octanol–water partition coefficient (Wildman–Crippen LogP) is 5.31. The number of nitrogens with one attached hydrogen (secondary N) is 2. The molecule has 1 aromatic carbocycles. The second-order valence-corrected chi connectivity index (χ2v) is 9.25. The van der Waals surface area contributed by atoms with Gasteiger partial charge in [-0.3, -0.25) is 9.59 Å². The topological polar surface area (TPSA) is 110 Å². The van der Waals surface area contributed by atoms with Crippen molar-refractivity contribution in [2.24, 2.45) is 5.10 Å². The number of anilines is 1. The van der Waals surface area contributed by atoms with Crippen molar-refractivity contribution >= 4 is 34.3 Å². The van der Waals surface area contributed by atoms with Crippen LogP contribution in [0, 0.1) is 27.7 Å². The molecule has 2 N–H and O–H groups in total. The lowest BCUT2D eigenvalue weighted by Crippen LogP contribution is -2.23. The van der Waals surface area contributed by atoms with Crippen LogP contribution < -0.4 is 10.7 Å². The van der Waals surface area contributed by atoms with Gasteiger partial charge in [0.05, 0.1) is 18.4 Å². The Kier molecular flexibility index (Phi) is 6.18. The molecule has 0 fully saturated rings. The molecule has 2 amide bonds. The van der Waals surface area contributed by atoms with E-state index < -0.39 is 0 Å². The molecule has 4 aromatic rings. The molecule has 0 saturated carbocycles. The van der Waals surface area contributed by atoms with Crippen LogP contribution in [0.2, 0.25) is 0 Å². The normalized spacial score (nSPS) is 14.2. The van der Waals surface area contributed by atoms with Crippen molar-refractivity contribution in [2.75, 3.05) is 5.32 Å². The van der Waals surface area contributed by atoms with Gasteiger partial charge in [0.15, 0.2) is 5.76 Å². The highest BCUT2D eigenvalue weighted by Gasteiger charge is 2.28. The van der Waals surface area contributed by atoms with Crippen LogP contribution in [-0.2, 0) is 17.6 Å². The largest absolute Gasteiger partial charge is 0.464 e. The fourth-order valence-corrected chi connectivity index (χ4v) is 4.65. The summed E-state index contributed by atoms with van der Waals surface area (Å²) in [6.45, 7) is 7.76. The van der Waals surface area contributed by atoms with Gasteiger partial charge in [-0.05, 0) is 63.3 Å². The SMILES string of the molecule is Cc1cccnc1NC(=O)c1oc2c(c1C)/C(=N/NC(=O)Cc1coc3c(C)c(C)ccc13)CCC2. The molecule has 0 saturated heterocycles. The number of benzene rings is 1. The molecule has 0 radical (unpaired) electrons. The maximum Gasteiger partial charge on any atom is 0.292 e. The lowest BCUT2D eigenvalue weighted by atomic mass is 9.93. The lowest BCUT2D eigenvalue weighted by Gasteiger charge is -2.13. The Hall–Kier alpha value is -4.20. The van der Waals surface area contributed by atoms with E-state index in [9.17, 15) is 9.59 Å². The predicted molar refractivity (Wildman–Crippen MR) is 137 cm³/mol. The van der Waals surface area contributed by atoms with Crippen molar-refractivity contribution in [1.82, 2.24) is 10.4 Å². The third-order valence-corrected chi connectivity index (χ3v) is 6.78. The first-order chi connectivity index (χ1) is 17.3. The summed E-state index contributed by atoms with van der Waals surface area (Å²) in [5.41, 5.74) is 9.60. The van der Waals surface area contributed by atoms with E-state index in [0.717, 1.165) is 45.2 Å². The second-order valence-electron chi connectivity index (χ2n) is 9.25. The van der Waals surface area contributed by atoms with Crippen LogP contribution in [0.5, 0.6) is 0 Å². The van der Waals surface area contributed by atoms with E-state index >= 15 is 0 Å². The van der Waals surface area contributed by atoms with Gasteiger partial charge in [-0.2, -0.15) is 5.10 Å². The minimum absolute atomic E-state index is 0.153. The van der Waals surface area contributed by atoms with Crippen LogP contribution in [-0.4, -0.2) is 22.5 Å². The highest BCUT2D eigenvalue weighted by molar-refractivity contribution is 6.09. The number of hydrogen-bond donors (Lipinski definition) is 2. The average molecular weight is 485 g/mol. The van der Waals surface area contributed by atoms with Crippen LogP contribution >= 0.6 is 0 Å². The monoisotopic (exact) mass is 484 g/mol. The number of carbonyl (C=O) groups is 2. The van der Waals surface area contributed by atoms with E-state index in [2.05, 4.69) is 20.8 Å². The number of aryl methyl sites for hydroxylation is 4. The van der Waals surface area contributed by atoms with Crippen molar-refractivity contribution < 1.29 is 18.4 Å². The van der Waals surface area contributed by atoms with Gasteiger partial charge in [-0.1, -0.05) is 18.2 Å². The van der Waals surface area contributed by atoms with Crippen LogP contribution in [0.15, 0.2) is 50.7 Å². The zero-order valence-electron chi connectivity index (χ0n) is 20.8. The van der Waals surface area contributed by atoms with Crippen molar-refractivity contribution in [2.45, 2.75) is 53.4 Å². The van der Waals surface area contributed by atoms with Crippen LogP contribution in [0.1, 0.15) is 62.5 Å². The first kappa shape index (κ1) is 23.5. The molecule has 1 aliphatic rings. The number of hydrazone groups is 1. The first-order valence-electron chi connectivity index (χ1n) is 12.0. The molecule has 8 nitrogen and oxygen atoms in total. The van der Waals surface area contributed by atoms with E-state index in [1.54, 1.807) is 12.5 Å². The minimum atomic E-state index is -0.357. The van der Waals surface area contributed by atoms with E-state index in [4.69, 9.17) is 8.83 Å². The minimum Gasteiger partial charge on any atom is -0.464 e.